The summed E-state index contributed by atoms with van der Waals surface area (Å²) in [6, 6.07) is 10.9. The van der Waals surface area contributed by atoms with E-state index in [1.807, 2.05) is 0 Å². The van der Waals surface area contributed by atoms with Gasteiger partial charge in [-0.1, -0.05) is 51.1 Å². The van der Waals surface area contributed by atoms with Crippen molar-refractivity contribution in [2.45, 2.75) is 52.7 Å². The van der Waals surface area contributed by atoms with Crippen LogP contribution in [0.3, 0.4) is 0 Å². The summed E-state index contributed by atoms with van der Waals surface area (Å²) >= 11 is 0. The zero-order valence-electron chi connectivity index (χ0n) is 12.9. The number of hydrogen-bond acceptors (Lipinski definition) is 2. The van der Waals surface area contributed by atoms with Crippen LogP contribution in [0.5, 0.6) is 0 Å². The predicted octanol–water partition coefficient (Wildman–Crippen LogP) is 4.18. The van der Waals surface area contributed by atoms with E-state index in [1.165, 1.54) is 5.56 Å². The lowest BCUT2D eigenvalue weighted by Gasteiger charge is -2.26. The van der Waals surface area contributed by atoms with E-state index in [0.717, 1.165) is 26.0 Å². The van der Waals surface area contributed by atoms with Crippen molar-refractivity contribution in [2.24, 2.45) is 5.92 Å². The minimum Gasteiger partial charge on any atom is -0.377 e. The molecule has 0 aromatic heterocycles. The van der Waals surface area contributed by atoms with Crippen LogP contribution in [0.1, 0.15) is 52.1 Å². The Morgan fingerprint density at radius 1 is 1.11 bits per heavy atom. The average Bonchev–Trinajstić information content (AvgIpc) is 2.40. The minimum atomic E-state index is 0.202. The van der Waals surface area contributed by atoms with Gasteiger partial charge >= 0.3 is 0 Å². The standard InChI is InChI=1S/C17H29NO/c1-5-12-18-17(16-9-7-6-8-10-16)15(4)19-13-11-14(2)3/h6-10,14-15,17-18H,5,11-13H2,1-4H3. The van der Waals surface area contributed by atoms with E-state index in [1.54, 1.807) is 0 Å². The van der Waals surface area contributed by atoms with Crippen LogP contribution in [0.4, 0.5) is 0 Å². The van der Waals surface area contributed by atoms with Crippen LogP contribution >= 0.6 is 0 Å². The van der Waals surface area contributed by atoms with Crippen LogP contribution in [0.2, 0.25) is 0 Å². The molecule has 0 radical (unpaired) electrons. The van der Waals surface area contributed by atoms with Crippen molar-refractivity contribution in [3.8, 4) is 0 Å². The molecule has 1 aromatic rings. The molecular formula is C17H29NO. The summed E-state index contributed by atoms with van der Waals surface area (Å²) in [4.78, 5) is 0. The van der Waals surface area contributed by atoms with Crippen molar-refractivity contribution in [3.05, 3.63) is 35.9 Å². The summed E-state index contributed by atoms with van der Waals surface area (Å²) in [7, 11) is 0. The van der Waals surface area contributed by atoms with E-state index in [-0.39, 0.29) is 12.1 Å². The van der Waals surface area contributed by atoms with Gasteiger partial charge in [0.25, 0.3) is 0 Å². The zero-order chi connectivity index (χ0) is 14.1. The average molecular weight is 263 g/mol. The van der Waals surface area contributed by atoms with Crippen molar-refractivity contribution in [1.82, 2.24) is 5.32 Å². The van der Waals surface area contributed by atoms with Crippen LogP contribution in [0, 0.1) is 5.92 Å². The van der Waals surface area contributed by atoms with Crippen molar-refractivity contribution in [1.29, 1.82) is 0 Å². The summed E-state index contributed by atoms with van der Waals surface area (Å²) < 4.78 is 6.00. The first kappa shape index (κ1) is 16.2. The molecule has 0 amide bonds. The number of ether oxygens (including phenoxy) is 1. The second kappa shape index (κ2) is 9.11. The van der Waals surface area contributed by atoms with E-state index in [0.29, 0.717) is 5.92 Å². The molecule has 0 saturated heterocycles. The van der Waals surface area contributed by atoms with Crippen molar-refractivity contribution < 1.29 is 4.74 Å². The molecule has 0 aliphatic rings. The molecule has 2 nitrogen and oxygen atoms in total. The maximum Gasteiger partial charge on any atom is 0.0741 e. The van der Waals surface area contributed by atoms with Crippen molar-refractivity contribution in [3.63, 3.8) is 0 Å². The van der Waals surface area contributed by atoms with Gasteiger partial charge in [-0.2, -0.15) is 0 Å². The van der Waals surface area contributed by atoms with Gasteiger partial charge in [0.2, 0.25) is 0 Å². The number of nitrogens with one attached hydrogen (secondary N) is 1. The lowest BCUT2D eigenvalue weighted by Crippen LogP contribution is -2.33. The highest BCUT2D eigenvalue weighted by Gasteiger charge is 2.18. The van der Waals surface area contributed by atoms with Crippen LogP contribution in [0.15, 0.2) is 30.3 Å². The fraction of sp³-hybridized carbons (Fsp3) is 0.647. The first-order chi connectivity index (χ1) is 9.15. The monoisotopic (exact) mass is 263 g/mol. The molecule has 0 spiro atoms. The summed E-state index contributed by atoms with van der Waals surface area (Å²) in [6.07, 6.45) is 2.47. The van der Waals surface area contributed by atoms with Crippen molar-refractivity contribution >= 4 is 0 Å². The van der Waals surface area contributed by atoms with Gasteiger partial charge in [0.1, 0.15) is 0 Å². The predicted molar refractivity (Wildman–Crippen MR) is 82.3 cm³/mol. The normalized spacial score (nSPS) is 14.6. The van der Waals surface area contributed by atoms with Crippen LogP contribution < -0.4 is 5.32 Å². The molecule has 2 atom stereocenters. The molecular weight excluding hydrogens is 234 g/mol. The van der Waals surface area contributed by atoms with Gasteiger partial charge in [-0.25, -0.2) is 0 Å². The molecule has 0 bridgehead atoms. The maximum absolute atomic E-state index is 6.00. The Morgan fingerprint density at radius 3 is 2.37 bits per heavy atom. The zero-order valence-corrected chi connectivity index (χ0v) is 12.9. The third-order valence-electron chi connectivity index (χ3n) is 3.32. The Morgan fingerprint density at radius 2 is 1.79 bits per heavy atom. The highest BCUT2D eigenvalue weighted by atomic mass is 16.5. The third-order valence-corrected chi connectivity index (χ3v) is 3.32. The lowest BCUT2D eigenvalue weighted by atomic mass is 10.0. The largest absolute Gasteiger partial charge is 0.377 e. The fourth-order valence-corrected chi connectivity index (χ4v) is 2.10. The lowest BCUT2D eigenvalue weighted by molar-refractivity contribution is 0.0325. The minimum absolute atomic E-state index is 0.202. The molecule has 19 heavy (non-hydrogen) atoms. The van der Waals surface area contributed by atoms with Gasteiger partial charge in [-0.3, -0.25) is 0 Å². The Labute approximate surface area is 118 Å². The molecule has 0 saturated carbocycles. The SMILES string of the molecule is CCCNC(c1ccccc1)C(C)OCCC(C)C. The summed E-state index contributed by atoms with van der Waals surface area (Å²) in [6.45, 7) is 10.7. The molecule has 0 fully saturated rings. The van der Waals surface area contributed by atoms with Crippen LogP contribution in [-0.4, -0.2) is 19.3 Å². The Hall–Kier alpha value is -0.860. The van der Waals surface area contributed by atoms with Crippen molar-refractivity contribution in [2.75, 3.05) is 13.2 Å². The highest BCUT2D eigenvalue weighted by Crippen LogP contribution is 2.19. The first-order valence-electron chi connectivity index (χ1n) is 7.55. The van der Waals surface area contributed by atoms with E-state index >= 15 is 0 Å². The Kier molecular flexibility index (Phi) is 7.76. The summed E-state index contributed by atoms with van der Waals surface area (Å²) in [5.74, 6) is 0.700. The van der Waals surface area contributed by atoms with Gasteiger partial charge in [0.15, 0.2) is 0 Å². The summed E-state index contributed by atoms with van der Waals surface area (Å²) in [5.41, 5.74) is 1.31. The van der Waals surface area contributed by atoms with E-state index in [4.69, 9.17) is 4.74 Å². The molecule has 1 N–H and O–H groups in total. The quantitative estimate of drug-likeness (QED) is 0.721. The van der Waals surface area contributed by atoms with E-state index in [9.17, 15) is 0 Å². The van der Waals surface area contributed by atoms with Gasteiger partial charge in [0.05, 0.1) is 12.1 Å². The number of rotatable bonds is 9. The topological polar surface area (TPSA) is 21.3 Å². The van der Waals surface area contributed by atoms with Crippen LogP contribution in [-0.2, 0) is 4.74 Å². The number of benzene rings is 1. The smallest absolute Gasteiger partial charge is 0.0741 e. The second-order valence-electron chi connectivity index (χ2n) is 5.60. The maximum atomic E-state index is 6.00. The molecule has 0 aliphatic heterocycles. The molecule has 0 aliphatic carbocycles. The van der Waals surface area contributed by atoms with Crippen LogP contribution in [0.25, 0.3) is 0 Å². The Balaban J connectivity index is 2.57. The molecule has 1 aromatic carbocycles. The third kappa shape index (κ3) is 6.22. The van der Waals surface area contributed by atoms with Gasteiger partial charge in [-0.05, 0) is 37.8 Å². The second-order valence-corrected chi connectivity index (χ2v) is 5.60. The molecule has 2 heteroatoms. The fourth-order valence-electron chi connectivity index (χ4n) is 2.10. The number of hydrogen-bond donors (Lipinski definition) is 1. The van der Waals surface area contributed by atoms with E-state index in [2.05, 4.69) is 63.3 Å². The van der Waals surface area contributed by atoms with Gasteiger partial charge in [0, 0.05) is 6.61 Å². The van der Waals surface area contributed by atoms with Gasteiger partial charge in [-0.15, -0.1) is 0 Å². The first-order valence-corrected chi connectivity index (χ1v) is 7.55. The Bertz CT molecular complexity index is 323. The molecule has 2 unspecified atom stereocenters. The molecule has 0 heterocycles. The van der Waals surface area contributed by atoms with Gasteiger partial charge < -0.3 is 10.1 Å². The van der Waals surface area contributed by atoms with E-state index < -0.39 is 0 Å². The summed E-state index contributed by atoms with van der Waals surface area (Å²) in [5, 5.41) is 3.60. The molecule has 1 rings (SSSR count). The highest BCUT2D eigenvalue weighted by molar-refractivity contribution is 5.19. The molecule has 108 valence electrons.